The van der Waals surface area contributed by atoms with Crippen LogP contribution >= 0.6 is 0 Å². The van der Waals surface area contributed by atoms with E-state index < -0.39 is 21.1 Å². The molecular formula is C31H51NSn. The van der Waals surface area contributed by atoms with Gasteiger partial charge in [0.15, 0.2) is 0 Å². The van der Waals surface area contributed by atoms with Crippen molar-refractivity contribution in [1.82, 2.24) is 4.98 Å². The third-order valence-electron chi connectivity index (χ3n) is 7.15. The molecule has 1 N–H and O–H groups in total. The van der Waals surface area contributed by atoms with Crippen molar-refractivity contribution in [2.75, 3.05) is 0 Å². The molecule has 1 aromatic heterocycles. The van der Waals surface area contributed by atoms with E-state index in [9.17, 15) is 0 Å². The SMILES string of the molecule is CCCCCCCC/C=[C](\[Sn][C](CCCC)(CCCC)CCCC)c1cc2ccccc2[nH]1. The number of para-hydroxylation sites is 1. The second-order valence-electron chi connectivity index (χ2n) is 10.2. The predicted octanol–water partition coefficient (Wildman–Crippen LogP) is 10.7. The van der Waals surface area contributed by atoms with Crippen molar-refractivity contribution in [1.29, 1.82) is 0 Å². The van der Waals surface area contributed by atoms with Gasteiger partial charge >= 0.3 is 217 Å². The second kappa shape index (κ2) is 16.8. The van der Waals surface area contributed by atoms with Gasteiger partial charge in [0.25, 0.3) is 0 Å². The molecule has 0 amide bonds. The first-order chi connectivity index (χ1) is 16.2. The van der Waals surface area contributed by atoms with Gasteiger partial charge in [-0.15, -0.1) is 0 Å². The zero-order chi connectivity index (χ0) is 23.8. The van der Waals surface area contributed by atoms with Gasteiger partial charge in [0.1, 0.15) is 0 Å². The number of rotatable bonds is 19. The molecule has 0 atom stereocenters. The van der Waals surface area contributed by atoms with Crippen molar-refractivity contribution in [2.24, 2.45) is 0 Å². The standard InChI is InChI=1S/C18H24N.C13H27.Sn/c1-2-3-4-5-6-7-8-9-13-17-15-16-12-10-11-14-18(16)19-17;1-4-7-10-13(11-8-5-2)12-9-6-3;/h9-12,14-15,19H,2-8H2,1H3;4-12H2,1-3H3;. The van der Waals surface area contributed by atoms with Crippen LogP contribution in [-0.4, -0.2) is 26.1 Å². The summed E-state index contributed by atoms with van der Waals surface area (Å²) in [4.78, 5) is 3.83. The number of benzene rings is 1. The summed E-state index contributed by atoms with van der Waals surface area (Å²) in [6, 6.07) is 11.3. The van der Waals surface area contributed by atoms with Gasteiger partial charge in [0.2, 0.25) is 0 Å². The van der Waals surface area contributed by atoms with Gasteiger partial charge in [-0.05, 0) is 0 Å². The summed E-state index contributed by atoms with van der Waals surface area (Å²) in [7, 11) is 0. The average molecular weight is 556 g/mol. The Hall–Kier alpha value is -0.701. The maximum atomic E-state index is 3.83. The van der Waals surface area contributed by atoms with E-state index in [-0.39, 0.29) is 0 Å². The van der Waals surface area contributed by atoms with Crippen LogP contribution in [0.25, 0.3) is 14.5 Å². The van der Waals surface area contributed by atoms with Gasteiger partial charge in [-0.3, -0.25) is 0 Å². The Morgan fingerprint density at radius 3 is 1.94 bits per heavy atom. The quantitative estimate of drug-likeness (QED) is 0.131. The third-order valence-corrected chi connectivity index (χ3v) is 12.9. The monoisotopic (exact) mass is 557 g/mol. The van der Waals surface area contributed by atoms with Crippen LogP contribution in [-0.2, 0) is 0 Å². The van der Waals surface area contributed by atoms with Crippen LogP contribution in [0, 0.1) is 0 Å². The number of H-pyrrole nitrogens is 1. The van der Waals surface area contributed by atoms with Crippen molar-refractivity contribution < 1.29 is 0 Å². The van der Waals surface area contributed by atoms with Crippen LogP contribution in [0.4, 0.5) is 0 Å². The number of aromatic nitrogens is 1. The van der Waals surface area contributed by atoms with Gasteiger partial charge in [-0.1, -0.05) is 0 Å². The molecule has 0 aliphatic rings. The van der Waals surface area contributed by atoms with E-state index in [1.54, 1.807) is 3.59 Å². The fourth-order valence-electron chi connectivity index (χ4n) is 5.01. The van der Waals surface area contributed by atoms with Gasteiger partial charge in [0, 0.05) is 0 Å². The fourth-order valence-corrected chi connectivity index (χ4v) is 10.7. The zero-order valence-corrected chi connectivity index (χ0v) is 25.1. The minimum atomic E-state index is -0.757. The first-order valence-electron chi connectivity index (χ1n) is 14.2. The molecule has 33 heavy (non-hydrogen) atoms. The van der Waals surface area contributed by atoms with Crippen LogP contribution in [0.1, 0.15) is 136 Å². The zero-order valence-electron chi connectivity index (χ0n) is 22.3. The van der Waals surface area contributed by atoms with Crippen LogP contribution in [0.3, 0.4) is 0 Å². The molecule has 0 saturated carbocycles. The van der Waals surface area contributed by atoms with Gasteiger partial charge in [-0.2, -0.15) is 0 Å². The summed E-state index contributed by atoms with van der Waals surface area (Å²) in [6.07, 6.45) is 24.9. The molecule has 0 saturated heterocycles. The van der Waals surface area contributed by atoms with Crippen molar-refractivity contribution in [2.45, 2.75) is 134 Å². The van der Waals surface area contributed by atoms with Gasteiger partial charge in [0.05, 0.1) is 0 Å². The molecule has 0 fully saturated rings. The Bertz CT molecular complexity index is 732. The first-order valence-corrected chi connectivity index (χ1v) is 17.1. The van der Waals surface area contributed by atoms with E-state index in [0.717, 1.165) is 0 Å². The van der Waals surface area contributed by atoms with Crippen LogP contribution < -0.4 is 0 Å². The summed E-state index contributed by atoms with van der Waals surface area (Å²) in [5.74, 6) is 0. The number of hydrogen-bond acceptors (Lipinski definition) is 0. The number of aromatic amines is 1. The average Bonchev–Trinajstić information content (AvgIpc) is 3.27. The van der Waals surface area contributed by atoms with Crippen molar-refractivity contribution in [3.8, 4) is 0 Å². The number of fused-ring (bicyclic) bond motifs is 1. The molecular weight excluding hydrogens is 505 g/mol. The Labute approximate surface area is 215 Å². The molecule has 184 valence electrons. The Kier molecular flexibility index (Phi) is 14.6. The predicted molar refractivity (Wildman–Crippen MR) is 151 cm³/mol. The number of allylic oxidation sites excluding steroid dienone is 1. The van der Waals surface area contributed by atoms with Crippen molar-refractivity contribution >= 4 is 35.6 Å². The molecule has 0 spiro atoms. The van der Waals surface area contributed by atoms with Crippen LogP contribution in [0.5, 0.6) is 0 Å². The van der Waals surface area contributed by atoms with Crippen LogP contribution in [0.15, 0.2) is 36.4 Å². The molecule has 0 unspecified atom stereocenters. The number of nitrogens with one attached hydrogen (secondary N) is 1. The van der Waals surface area contributed by atoms with E-state index in [1.165, 1.54) is 119 Å². The maximum absolute atomic E-state index is 3.83. The normalized spacial score (nSPS) is 12.7. The van der Waals surface area contributed by atoms with E-state index in [0.29, 0.717) is 3.43 Å². The molecule has 0 bridgehead atoms. The molecule has 2 rings (SSSR count). The van der Waals surface area contributed by atoms with Gasteiger partial charge in [-0.25, -0.2) is 0 Å². The summed E-state index contributed by atoms with van der Waals surface area (Å²) < 4.78 is 2.39. The summed E-state index contributed by atoms with van der Waals surface area (Å²) in [6.45, 7) is 9.44. The van der Waals surface area contributed by atoms with E-state index in [4.69, 9.17) is 0 Å². The second-order valence-corrected chi connectivity index (χ2v) is 15.4. The van der Waals surface area contributed by atoms with Gasteiger partial charge < -0.3 is 0 Å². The molecule has 0 aliphatic heterocycles. The molecule has 1 aromatic carbocycles. The molecule has 1 heterocycles. The van der Waals surface area contributed by atoms with E-state index in [1.807, 2.05) is 0 Å². The van der Waals surface area contributed by atoms with Crippen LogP contribution in [0.2, 0.25) is 3.43 Å². The summed E-state index contributed by atoms with van der Waals surface area (Å²) in [5.41, 5.74) is 2.75. The van der Waals surface area contributed by atoms with Crippen molar-refractivity contribution in [3.05, 3.63) is 42.1 Å². The Morgan fingerprint density at radius 2 is 1.33 bits per heavy atom. The van der Waals surface area contributed by atoms with Crippen molar-refractivity contribution in [3.63, 3.8) is 0 Å². The molecule has 2 radical (unpaired) electrons. The molecule has 2 heteroatoms. The first kappa shape index (κ1) is 28.5. The topological polar surface area (TPSA) is 15.8 Å². The number of hydrogen-bond donors (Lipinski definition) is 1. The fraction of sp³-hybridized carbons (Fsp3) is 0.677. The van der Waals surface area contributed by atoms with E-state index >= 15 is 0 Å². The summed E-state index contributed by atoms with van der Waals surface area (Å²) in [5, 5.41) is 1.37. The Morgan fingerprint density at radius 1 is 0.758 bits per heavy atom. The number of unbranched alkanes of at least 4 members (excludes halogenated alkanes) is 9. The summed E-state index contributed by atoms with van der Waals surface area (Å²) >= 11 is -0.757. The molecule has 0 aliphatic carbocycles. The third kappa shape index (κ3) is 10.2. The van der Waals surface area contributed by atoms with E-state index in [2.05, 4.69) is 69.1 Å². The Balaban J connectivity index is 2.26. The minimum absolute atomic E-state index is 0.635. The molecule has 2 aromatic rings. The molecule has 1 nitrogen and oxygen atoms in total.